The summed E-state index contributed by atoms with van der Waals surface area (Å²) in [4.78, 5) is 12.5. The van der Waals surface area contributed by atoms with Crippen molar-refractivity contribution in [3.05, 3.63) is 71.3 Å². The summed E-state index contributed by atoms with van der Waals surface area (Å²) in [6, 6.07) is 15.7. The third-order valence-electron chi connectivity index (χ3n) is 6.68. The van der Waals surface area contributed by atoms with E-state index in [-0.39, 0.29) is 5.97 Å². The number of ether oxygens (including phenoxy) is 1. The van der Waals surface area contributed by atoms with Gasteiger partial charge in [0.2, 0.25) is 0 Å². The molecule has 0 heterocycles. The van der Waals surface area contributed by atoms with Crippen molar-refractivity contribution < 1.29 is 9.53 Å². The molecule has 3 rings (SSSR count). The maximum absolute atomic E-state index is 12.5. The maximum atomic E-state index is 12.5. The number of hydrogen-bond acceptors (Lipinski definition) is 2. The molecule has 2 aromatic carbocycles. The molecule has 1 aliphatic rings. The van der Waals surface area contributed by atoms with Gasteiger partial charge in [-0.15, -0.1) is 0 Å². The molecule has 0 saturated heterocycles. The quantitative estimate of drug-likeness (QED) is 0.220. The van der Waals surface area contributed by atoms with Crippen molar-refractivity contribution in [2.24, 2.45) is 11.8 Å². The van der Waals surface area contributed by atoms with Crippen LogP contribution < -0.4 is 4.74 Å². The SMILES string of the molecule is CCCCCC(C)C1CC=C(c2ccc(C(=O)Oc3ccc(CCC)cc3)cc2)CC1. The molecule has 31 heavy (non-hydrogen) atoms. The Kier molecular flexibility index (Phi) is 8.94. The van der Waals surface area contributed by atoms with Crippen LogP contribution in [-0.2, 0) is 6.42 Å². The van der Waals surface area contributed by atoms with E-state index >= 15 is 0 Å². The van der Waals surface area contributed by atoms with Crippen molar-refractivity contribution in [2.45, 2.75) is 78.6 Å². The minimum Gasteiger partial charge on any atom is -0.423 e. The average Bonchev–Trinajstić information content (AvgIpc) is 2.81. The van der Waals surface area contributed by atoms with E-state index in [1.165, 1.54) is 55.2 Å². The van der Waals surface area contributed by atoms with Gasteiger partial charge in [0.25, 0.3) is 0 Å². The standard InChI is InChI=1S/C29H38O2/c1-4-6-7-9-22(3)24-12-14-25(15-13-24)26-16-18-27(19-17-26)29(30)31-28-20-10-23(8-5-2)11-21-28/h10-11,14,16-22,24H,4-9,12-13,15H2,1-3H3. The van der Waals surface area contributed by atoms with Crippen LogP contribution in [0.1, 0.15) is 93.6 Å². The predicted octanol–water partition coefficient (Wildman–Crippen LogP) is 8.26. The maximum Gasteiger partial charge on any atom is 0.343 e. The number of benzene rings is 2. The molecule has 0 fully saturated rings. The summed E-state index contributed by atoms with van der Waals surface area (Å²) >= 11 is 0. The van der Waals surface area contributed by atoms with E-state index in [0.29, 0.717) is 11.3 Å². The van der Waals surface area contributed by atoms with Gasteiger partial charge in [0.15, 0.2) is 0 Å². The Balaban J connectivity index is 1.54. The Labute approximate surface area is 188 Å². The fourth-order valence-corrected chi connectivity index (χ4v) is 4.58. The molecule has 2 atom stereocenters. The van der Waals surface area contributed by atoms with Gasteiger partial charge in [-0.1, -0.05) is 83.2 Å². The number of unbranched alkanes of at least 4 members (excludes halogenated alkanes) is 2. The highest BCUT2D eigenvalue weighted by Gasteiger charge is 2.21. The minimum absolute atomic E-state index is 0.298. The first-order valence-corrected chi connectivity index (χ1v) is 12.2. The Morgan fingerprint density at radius 3 is 2.35 bits per heavy atom. The van der Waals surface area contributed by atoms with Gasteiger partial charge >= 0.3 is 5.97 Å². The summed E-state index contributed by atoms with van der Waals surface area (Å²) in [6.45, 7) is 6.86. The molecule has 2 nitrogen and oxygen atoms in total. The molecular formula is C29H38O2. The number of rotatable bonds is 10. The first-order chi connectivity index (χ1) is 15.1. The molecule has 0 aromatic heterocycles. The third-order valence-corrected chi connectivity index (χ3v) is 6.68. The molecular weight excluding hydrogens is 380 g/mol. The number of esters is 1. The zero-order chi connectivity index (χ0) is 22.1. The van der Waals surface area contributed by atoms with Gasteiger partial charge in [0.1, 0.15) is 5.75 Å². The van der Waals surface area contributed by atoms with E-state index in [4.69, 9.17) is 4.74 Å². The molecule has 0 N–H and O–H groups in total. The van der Waals surface area contributed by atoms with E-state index in [2.05, 4.69) is 39.0 Å². The van der Waals surface area contributed by atoms with Crippen LogP contribution in [0.2, 0.25) is 0 Å². The lowest BCUT2D eigenvalue weighted by atomic mass is 9.78. The summed E-state index contributed by atoms with van der Waals surface area (Å²) in [5.41, 5.74) is 4.52. The first-order valence-electron chi connectivity index (χ1n) is 12.2. The minimum atomic E-state index is -0.298. The van der Waals surface area contributed by atoms with Crippen molar-refractivity contribution >= 4 is 11.5 Å². The summed E-state index contributed by atoms with van der Waals surface area (Å²) in [5, 5.41) is 0. The number of allylic oxidation sites excluding steroid dienone is 2. The van der Waals surface area contributed by atoms with E-state index < -0.39 is 0 Å². The Morgan fingerprint density at radius 1 is 1.00 bits per heavy atom. The van der Waals surface area contributed by atoms with Gasteiger partial charge in [-0.05, 0) is 78.5 Å². The summed E-state index contributed by atoms with van der Waals surface area (Å²) < 4.78 is 5.55. The second-order valence-corrected chi connectivity index (χ2v) is 9.10. The zero-order valence-electron chi connectivity index (χ0n) is 19.5. The second kappa shape index (κ2) is 11.9. The highest BCUT2D eigenvalue weighted by Crippen LogP contribution is 2.35. The highest BCUT2D eigenvalue weighted by atomic mass is 16.5. The predicted molar refractivity (Wildman–Crippen MR) is 130 cm³/mol. The van der Waals surface area contributed by atoms with E-state index in [0.717, 1.165) is 31.1 Å². The average molecular weight is 419 g/mol. The lowest BCUT2D eigenvalue weighted by Crippen LogP contribution is -2.14. The van der Waals surface area contributed by atoms with Gasteiger partial charge in [0.05, 0.1) is 5.56 Å². The monoisotopic (exact) mass is 418 g/mol. The molecule has 2 heteroatoms. The van der Waals surface area contributed by atoms with Crippen LogP contribution in [-0.4, -0.2) is 5.97 Å². The van der Waals surface area contributed by atoms with Gasteiger partial charge in [-0.25, -0.2) is 4.79 Å². The molecule has 0 saturated carbocycles. The fraction of sp³-hybridized carbons (Fsp3) is 0.483. The molecule has 0 aliphatic heterocycles. The zero-order valence-corrected chi connectivity index (χ0v) is 19.5. The van der Waals surface area contributed by atoms with E-state index in [1.54, 1.807) is 0 Å². The Morgan fingerprint density at radius 2 is 1.74 bits per heavy atom. The van der Waals surface area contributed by atoms with Crippen LogP contribution in [0.15, 0.2) is 54.6 Å². The van der Waals surface area contributed by atoms with Crippen molar-refractivity contribution in [1.29, 1.82) is 0 Å². The van der Waals surface area contributed by atoms with Crippen LogP contribution >= 0.6 is 0 Å². The van der Waals surface area contributed by atoms with Crippen molar-refractivity contribution in [2.75, 3.05) is 0 Å². The fourth-order valence-electron chi connectivity index (χ4n) is 4.58. The molecule has 2 unspecified atom stereocenters. The lowest BCUT2D eigenvalue weighted by molar-refractivity contribution is 0.0734. The molecule has 0 spiro atoms. The van der Waals surface area contributed by atoms with Gasteiger partial charge in [-0.3, -0.25) is 0 Å². The lowest BCUT2D eigenvalue weighted by Gasteiger charge is -2.27. The largest absolute Gasteiger partial charge is 0.423 e. The van der Waals surface area contributed by atoms with E-state index in [9.17, 15) is 4.79 Å². The van der Waals surface area contributed by atoms with Crippen molar-refractivity contribution in [1.82, 2.24) is 0 Å². The molecule has 166 valence electrons. The smallest absolute Gasteiger partial charge is 0.343 e. The summed E-state index contributed by atoms with van der Waals surface area (Å²) in [5.74, 6) is 1.94. The highest BCUT2D eigenvalue weighted by molar-refractivity contribution is 5.91. The molecule has 0 amide bonds. The van der Waals surface area contributed by atoms with Crippen LogP contribution in [0.5, 0.6) is 5.75 Å². The number of carbonyl (C=O) groups excluding carboxylic acids is 1. The number of hydrogen-bond donors (Lipinski definition) is 0. The molecule has 2 aromatic rings. The number of carbonyl (C=O) groups is 1. The first kappa shape index (κ1) is 23.3. The van der Waals surface area contributed by atoms with Crippen LogP contribution in [0.25, 0.3) is 5.57 Å². The summed E-state index contributed by atoms with van der Waals surface area (Å²) in [7, 11) is 0. The second-order valence-electron chi connectivity index (χ2n) is 9.10. The molecule has 0 bridgehead atoms. The Hall–Kier alpha value is -2.35. The normalized spacial score (nSPS) is 17.1. The van der Waals surface area contributed by atoms with Crippen molar-refractivity contribution in [3.8, 4) is 5.75 Å². The van der Waals surface area contributed by atoms with Gasteiger partial charge < -0.3 is 4.74 Å². The van der Waals surface area contributed by atoms with Gasteiger partial charge in [0, 0.05) is 0 Å². The summed E-state index contributed by atoms with van der Waals surface area (Å²) in [6.07, 6.45) is 13.6. The number of aryl methyl sites for hydroxylation is 1. The van der Waals surface area contributed by atoms with Crippen molar-refractivity contribution in [3.63, 3.8) is 0 Å². The molecule has 0 radical (unpaired) electrons. The topological polar surface area (TPSA) is 26.3 Å². The third kappa shape index (κ3) is 6.82. The van der Waals surface area contributed by atoms with Gasteiger partial charge in [-0.2, -0.15) is 0 Å². The molecule has 1 aliphatic carbocycles. The van der Waals surface area contributed by atoms with Crippen LogP contribution in [0, 0.1) is 11.8 Å². The Bertz CT molecular complexity index is 845. The van der Waals surface area contributed by atoms with Crippen LogP contribution in [0.4, 0.5) is 0 Å². The van der Waals surface area contributed by atoms with E-state index in [1.807, 2.05) is 36.4 Å². The van der Waals surface area contributed by atoms with Crippen LogP contribution in [0.3, 0.4) is 0 Å².